The normalized spacial score (nSPS) is 10.8. The topological polar surface area (TPSA) is 73.5 Å². The predicted molar refractivity (Wildman–Crippen MR) is 115 cm³/mol. The fourth-order valence-corrected chi connectivity index (χ4v) is 3.08. The maximum atomic E-state index is 6.07. The van der Waals surface area contributed by atoms with Crippen LogP contribution in [0.25, 0.3) is 23.1 Å². The molecule has 0 amide bonds. The molecule has 0 saturated heterocycles. The van der Waals surface area contributed by atoms with Crippen LogP contribution in [0, 0.1) is 0 Å². The lowest BCUT2D eigenvalue weighted by Gasteiger charge is -2.05. The Kier molecular flexibility index (Phi) is 5.67. The third-order valence-electron chi connectivity index (χ3n) is 4.37. The molecule has 0 saturated carbocycles. The van der Waals surface area contributed by atoms with Crippen molar-refractivity contribution in [2.75, 3.05) is 11.9 Å². The lowest BCUT2D eigenvalue weighted by atomic mass is 10.2. The molecule has 29 heavy (non-hydrogen) atoms. The molecule has 3 heterocycles. The van der Waals surface area contributed by atoms with Crippen LogP contribution >= 0.6 is 11.6 Å². The zero-order valence-electron chi connectivity index (χ0n) is 15.7. The van der Waals surface area contributed by atoms with Crippen LogP contribution in [-0.2, 0) is 6.42 Å². The molecule has 7 nitrogen and oxygen atoms in total. The molecule has 0 atom stereocenters. The van der Waals surface area contributed by atoms with E-state index in [2.05, 4.69) is 31.9 Å². The minimum atomic E-state index is 0.592. The Balaban J connectivity index is 1.38. The maximum Gasteiger partial charge on any atom is 0.223 e. The van der Waals surface area contributed by atoms with E-state index in [4.69, 9.17) is 11.6 Å². The first kappa shape index (κ1) is 18.9. The van der Waals surface area contributed by atoms with E-state index in [1.807, 2.05) is 47.3 Å². The monoisotopic (exact) mass is 405 g/mol. The Morgan fingerprint density at radius 3 is 2.93 bits per heavy atom. The van der Waals surface area contributed by atoms with Crippen LogP contribution in [-0.4, -0.2) is 35.8 Å². The molecular formula is C21H20ClN7. The van der Waals surface area contributed by atoms with Crippen LogP contribution in [0.15, 0.2) is 68.0 Å². The molecule has 0 radical (unpaired) electrons. The minimum absolute atomic E-state index is 0.592. The number of rotatable bonds is 8. The number of aryl methyl sites for hydroxylation is 1. The minimum Gasteiger partial charge on any atom is -0.354 e. The summed E-state index contributed by atoms with van der Waals surface area (Å²) in [5.41, 5.74) is 3.65. The van der Waals surface area contributed by atoms with Gasteiger partial charge in [-0.15, -0.1) is 0 Å². The van der Waals surface area contributed by atoms with Gasteiger partial charge in [-0.3, -0.25) is 0 Å². The number of nitrogens with one attached hydrogen (secondary N) is 1. The lowest BCUT2D eigenvalue weighted by molar-refractivity contribution is 0.834. The largest absolute Gasteiger partial charge is 0.354 e. The van der Waals surface area contributed by atoms with Crippen molar-refractivity contribution in [1.82, 2.24) is 29.3 Å². The number of hydrogen-bond acceptors (Lipinski definition) is 5. The van der Waals surface area contributed by atoms with Gasteiger partial charge in [0.2, 0.25) is 5.95 Å². The van der Waals surface area contributed by atoms with Crippen molar-refractivity contribution in [1.29, 1.82) is 0 Å². The van der Waals surface area contributed by atoms with Gasteiger partial charge in [-0.25, -0.2) is 19.6 Å². The summed E-state index contributed by atoms with van der Waals surface area (Å²) in [6.07, 6.45) is 12.7. The summed E-state index contributed by atoms with van der Waals surface area (Å²) in [7, 11) is 0. The number of hydrogen-bond donors (Lipinski definition) is 1. The average molecular weight is 406 g/mol. The van der Waals surface area contributed by atoms with Crippen LogP contribution in [0.2, 0.25) is 5.02 Å². The van der Waals surface area contributed by atoms with Gasteiger partial charge >= 0.3 is 0 Å². The third kappa shape index (κ3) is 4.70. The fourth-order valence-electron chi connectivity index (χ4n) is 2.90. The first-order valence-corrected chi connectivity index (χ1v) is 9.62. The maximum absolute atomic E-state index is 6.07. The van der Waals surface area contributed by atoms with Gasteiger partial charge in [0.1, 0.15) is 0 Å². The van der Waals surface area contributed by atoms with Crippen LogP contribution in [0.3, 0.4) is 0 Å². The Morgan fingerprint density at radius 2 is 2.10 bits per heavy atom. The van der Waals surface area contributed by atoms with E-state index >= 15 is 0 Å². The quantitative estimate of drug-likeness (QED) is 0.442. The number of aromatic nitrogens is 6. The van der Waals surface area contributed by atoms with Gasteiger partial charge in [0.05, 0.1) is 29.6 Å². The molecule has 4 rings (SSSR count). The SMILES string of the molecule is C=Cn1cnc(CCCNc2nccc(-c3cnn(-c4cccc(Cl)c4)c3)n2)c1. The van der Waals surface area contributed by atoms with Crippen LogP contribution < -0.4 is 5.32 Å². The Hall–Kier alpha value is -3.45. The van der Waals surface area contributed by atoms with Gasteiger partial charge in [-0.1, -0.05) is 24.2 Å². The second kappa shape index (κ2) is 8.70. The van der Waals surface area contributed by atoms with Gasteiger partial charge in [-0.2, -0.15) is 5.10 Å². The molecule has 0 aliphatic carbocycles. The molecule has 4 aromatic rings. The number of nitrogens with zero attached hydrogens (tertiary/aromatic N) is 6. The second-order valence-electron chi connectivity index (χ2n) is 6.44. The molecule has 0 bridgehead atoms. The summed E-state index contributed by atoms with van der Waals surface area (Å²) >= 11 is 6.07. The van der Waals surface area contributed by atoms with Crippen LogP contribution in [0.5, 0.6) is 0 Å². The van der Waals surface area contributed by atoms with Crippen molar-refractivity contribution in [2.24, 2.45) is 0 Å². The molecule has 0 unspecified atom stereocenters. The number of halogens is 1. The fraction of sp³-hybridized carbons (Fsp3) is 0.143. The highest BCUT2D eigenvalue weighted by atomic mass is 35.5. The Morgan fingerprint density at radius 1 is 1.17 bits per heavy atom. The molecule has 0 fully saturated rings. The Labute approximate surface area is 173 Å². The van der Waals surface area contributed by atoms with Crippen molar-refractivity contribution in [3.8, 4) is 16.9 Å². The molecule has 0 aliphatic heterocycles. The van der Waals surface area contributed by atoms with E-state index in [1.165, 1.54) is 0 Å². The third-order valence-corrected chi connectivity index (χ3v) is 4.60. The Bertz CT molecular complexity index is 1120. The highest BCUT2D eigenvalue weighted by Crippen LogP contribution is 2.20. The van der Waals surface area contributed by atoms with Crippen LogP contribution in [0.4, 0.5) is 5.95 Å². The van der Waals surface area contributed by atoms with Crippen molar-refractivity contribution >= 4 is 23.7 Å². The lowest BCUT2D eigenvalue weighted by Crippen LogP contribution is -2.06. The summed E-state index contributed by atoms with van der Waals surface area (Å²) in [5, 5.41) is 8.35. The molecule has 1 aromatic carbocycles. The first-order valence-electron chi connectivity index (χ1n) is 9.24. The molecule has 0 aliphatic rings. The van der Waals surface area contributed by atoms with Crippen LogP contribution in [0.1, 0.15) is 12.1 Å². The number of imidazole rings is 1. The standard InChI is InChI=1S/C21H20ClN7/c1-2-28-14-18(25-15-28)6-4-9-23-21-24-10-8-20(27-21)16-12-26-29(13-16)19-7-3-5-17(22)11-19/h2-3,5,7-8,10-15H,1,4,6,9H2,(H,23,24,27). The zero-order valence-corrected chi connectivity index (χ0v) is 16.5. The van der Waals surface area contributed by atoms with E-state index in [0.717, 1.165) is 42.0 Å². The average Bonchev–Trinajstić information content (AvgIpc) is 3.41. The van der Waals surface area contributed by atoms with E-state index in [9.17, 15) is 0 Å². The molecule has 146 valence electrons. The van der Waals surface area contributed by atoms with Crippen molar-refractivity contribution in [3.05, 3.63) is 78.7 Å². The summed E-state index contributed by atoms with van der Waals surface area (Å²) in [6, 6.07) is 9.42. The van der Waals surface area contributed by atoms with E-state index < -0.39 is 0 Å². The van der Waals surface area contributed by atoms with Gasteiger partial charge in [0.15, 0.2) is 0 Å². The van der Waals surface area contributed by atoms with Gasteiger partial charge in [0, 0.05) is 41.9 Å². The van der Waals surface area contributed by atoms with Crippen molar-refractivity contribution in [2.45, 2.75) is 12.8 Å². The number of anilines is 1. The molecule has 3 aromatic heterocycles. The van der Waals surface area contributed by atoms with Crippen molar-refractivity contribution in [3.63, 3.8) is 0 Å². The smallest absolute Gasteiger partial charge is 0.223 e. The first-order chi connectivity index (χ1) is 14.2. The van der Waals surface area contributed by atoms with E-state index in [0.29, 0.717) is 11.0 Å². The molecule has 8 heteroatoms. The zero-order chi connectivity index (χ0) is 20.1. The molecule has 0 spiro atoms. The summed E-state index contributed by atoms with van der Waals surface area (Å²) in [6.45, 7) is 4.47. The predicted octanol–water partition coefficient (Wildman–Crippen LogP) is 4.32. The van der Waals surface area contributed by atoms with Gasteiger partial charge in [0.25, 0.3) is 0 Å². The summed E-state index contributed by atoms with van der Waals surface area (Å²) < 4.78 is 3.62. The summed E-state index contributed by atoms with van der Waals surface area (Å²) in [5.74, 6) is 0.592. The number of benzene rings is 1. The van der Waals surface area contributed by atoms with E-state index in [-0.39, 0.29) is 0 Å². The van der Waals surface area contributed by atoms with Gasteiger partial charge in [-0.05, 0) is 37.1 Å². The van der Waals surface area contributed by atoms with Gasteiger partial charge < -0.3 is 9.88 Å². The highest BCUT2D eigenvalue weighted by molar-refractivity contribution is 6.30. The second-order valence-corrected chi connectivity index (χ2v) is 6.88. The van der Waals surface area contributed by atoms with Crippen molar-refractivity contribution < 1.29 is 0 Å². The summed E-state index contributed by atoms with van der Waals surface area (Å²) in [4.78, 5) is 13.2. The van der Waals surface area contributed by atoms with E-state index in [1.54, 1.807) is 29.6 Å². The highest BCUT2D eigenvalue weighted by Gasteiger charge is 2.07. The molecular weight excluding hydrogens is 386 g/mol. The molecule has 1 N–H and O–H groups in total.